The molecule has 0 amide bonds. The fraction of sp³-hybridized carbons (Fsp3) is 0.385. The first-order valence-corrected chi connectivity index (χ1v) is 9.97. The van der Waals surface area contributed by atoms with E-state index in [0.29, 0.717) is 18.0 Å². The van der Waals surface area contributed by atoms with Crippen molar-refractivity contribution >= 4 is 39.2 Å². The topological polar surface area (TPSA) is 72.2 Å². The fourth-order valence-electron chi connectivity index (χ4n) is 1.38. The average molecular weight is 333 g/mol. The van der Waals surface area contributed by atoms with Gasteiger partial charge >= 0.3 is 0 Å². The maximum Gasteiger partial charge on any atom is 0.212 e. The first kappa shape index (κ1) is 17.4. The van der Waals surface area contributed by atoms with E-state index in [-0.39, 0.29) is 5.75 Å². The highest BCUT2D eigenvalue weighted by Crippen LogP contribution is 2.20. The smallest absolute Gasteiger partial charge is 0.212 e. The van der Waals surface area contributed by atoms with Gasteiger partial charge in [-0.25, -0.2) is 13.1 Å². The van der Waals surface area contributed by atoms with E-state index in [9.17, 15) is 8.42 Å². The van der Waals surface area contributed by atoms with Crippen LogP contribution in [-0.2, 0) is 10.0 Å². The summed E-state index contributed by atoms with van der Waals surface area (Å²) < 4.78 is 26.1. The largest absolute Gasteiger partial charge is 0.399 e. The van der Waals surface area contributed by atoms with Crippen LogP contribution in [0.3, 0.4) is 0 Å². The third-order valence-electron chi connectivity index (χ3n) is 2.28. The molecule has 0 aliphatic carbocycles. The van der Waals surface area contributed by atoms with Crippen LogP contribution in [-0.4, -0.2) is 38.0 Å². The van der Waals surface area contributed by atoms with Crippen molar-refractivity contribution in [2.45, 2.75) is 4.90 Å². The molecule has 1 aromatic carbocycles. The summed E-state index contributed by atoms with van der Waals surface area (Å²) in [6.07, 6.45) is 1.81. The van der Waals surface area contributed by atoms with Crippen LogP contribution >= 0.6 is 23.5 Å². The minimum atomic E-state index is -3.19. The van der Waals surface area contributed by atoms with Crippen molar-refractivity contribution in [3.8, 4) is 0 Å². The fourth-order valence-corrected chi connectivity index (χ4v) is 4.49. The van der Waals surface area contributed by atoms with Crippen LogP contribution in [0.1, 0.15) is 0 Å². The van der Waals surface area contributed by atoms with E-state index in [1.54, 1.807) is 17.8 Å². The van der Waals surface area contributed by atoms with E-state index in [0.717, 1.165) is 16.4 Å². The van der Waals surface area contributed by atoms with E-state index in [2.05, 4.69) is 11.3 Å². The number of benzene rings is 1. The second kappa shape index (κ2) is 9.33. The molecular formula is C13H20N2O2S3. The van der Waals surface area contributed by atoms with E-state index in [4.69, 9.17) is 5.73 Å². The van der Waals surface area contributed by atoms with Crippen molar-refractivity contribution in [1.29, 1.82) is 0 Å². The Kier molecular flexibility index (Phi) is 8.13. The average Bonchev–Trinajstić information content (AvgIpc) is 2.38. The Hall–Kier alpha value is -0.630. The Morgan fingerprint density at radius 1 is 1.35 bits per heavy atom. The summed E-state index contributed by atoms with van der Waals surface area (Å²) in [4.78, 5) is 0.988. The summed E-state index contributed by atoms with van der Waals surface area (Å²) in [6, 6.07) is 7.44. The highest BCUT2D eigenvalue weighted by molar-refractivity contribution is 8.00. The van der Waals surface area contributed by atoms with Gasteiger partial charge in [0.2, 0.25) is 10.0 Å². The second-order valence-electron chi connectivity index (χ2n) is 4.00. The Morgan fingerprint density at radius 2 is 2.15 bits per heavy atom. The zero-order chi connectivity index (χ0) is 14.8. The normalized spacial score (nSPS) is 11.4. The molecule has 0 saturated carbocycles. The van der Waals surface area contributed by atoms with Gasteiger partial charge in [-0.3, -0.25) is 0 Å². The van der Waals surface area contributed by atoms with Crippen LogP contribution in [0.25, 0.3) is 0 Å². The van der Waals surface area contributed by atoms with Gasteiger partial charge in [0, 0.05) is 34.4 Å². The van der Waals surface area contributed by atoms with Gasteiger partial charge < -0.3 is 5.73 Å². The molecule has 4 nitrogen and oxygen atoms in total. The van der Waals surface area contributed by atoms with Crippen LogP contribution < -0.4 is 10.5 Å². The number of nitrogens with one attached hydrogen (secondary N) is 1. The van der Waals surface area contributed by atoms with Crippen molar-refractivity contribution in [2.75, 3.05) is 35.3 Å². The molecule has 0 saturated heterocycles. The maximum absolute atomic E-state index is 11.7. The molecular weight excluding hydrogens is 312 g/mol. The van der Waals surface area contributed by atoms with Crippen LogP contribution in [0, 0.1) is 0 Å². The molecule has 1 rings (SSSR count). The summed E-state index contributed by atoms with van der Waals surface area (Å²) in [5, 5.41) is 0. The molecule has 0 aliphatic heterocycles. The SMILES string of the molecule is C=CCSCCNS(=O)(=O)CCSc1cccc(N)c1. The standard InChI is InChI=1S/C13H20N2O2S3/c1-2-7-18-8-6-15-20(16,17)10-9-19-13-5-3-4-12(14)11-13/h2-5,11,15H,1,6-10,14H2. The lowest BCUT2D eigenvalue weighted by Gasteiger charge is -2.06. The van der Waals surface area contributed by atoms with Gasteiger partial charge in [-0.1, -0.05) is 12.1 Å². The van der Waals surface area contributed by atoms with E-state index >= 15 is 0 Å². The zero-order valence-electron chi connectivity index (χ0n) is 11.2. The number of sulfonamides is 1. The lowest BCUT2D eigenvalue weighted by molar-refractivity contribution is 0.586. The number of hydrogen-bond acceptors (Lipinski definition) is 5. The quantitative estimate of drug-likeness (QED) is 0.297. The lowest BCUT2D eigenvalue weighted by Crippen LogP contribution is -2.29. The monoisotopic (exact) mass is 332 g/mol. The van der Waals surface area contributed by atoms with E-state index in [1.165, 1.54) is 11.8 Å². The lowest BCUT2D eigenvalue weighted by atomic mass is 10.3. The first-order valence-electron chi connectivity index (χ1n) is 6.18. The number of anilines is 1. The minimum absolute atomic E-state index is 0.110. The predicted molar refractivity (Wildman–Crippen MR) is 90.9 cm³/mol. The molecule has 7 heteroatoms. The van der Waals surface area contributed by atoms with Gasteiger partial charge in [0.05, 0.1) is 5.75 Å². The molecule has 0 aliphatic rings. The molecule has 3 N–H and O–H groups in total. The number of thioether (sulfide) groups is 2. The first-order chi connectivity index (χ1) is 9.53. The Balaban J connectivity index is 2.24. The van der Waals surface area contributed by atoms with Crippen LogP contribution in [0.5, 0.6) is 0 Å². The van der Waals surface area contributed by atoms with Gasteiger partial charge in [-0.05, 0) is 18.2 Å². The Bertz CT molecular complexity index is 518. The van der Waals surface area contributed by atoms with Gasteiger partial charge in [0.15, 0.2) is 0 Å². The molecule has 0 radical (unpaired) electrons. The molecule has 0 unspecified atom stereocenters. The molecule has 0 bridgehead atoms. The molecule has 20 heavy (non-hydrogen) atoms. The second-order valence-corrected chi connectivity index (χ2v) is 8.24. The van der Waals surface area contributed by atoms with Crippen LogP contribution in [0.4, 0.5) is 5.69 Å². The third kappa shape index (κ3) is 7.84. The third-order valence-corrected chi connectivity index (χ3v) is 5.89. The Labute approximate surface area is 129 Å². The summed E-state index contributed by atoms with van der Waals surface area (Å²) >= 11 is 3.14. The number of hydrogen-bond donors (Lipinski definition) is 2. The Morgan fingerprint density at radius 3 is 2.85 bits per heavy atom. The molecule has 112 valence electrons. The van der Waals surface area contributed by atoms with Crippen LogP contribution in [0.15, 0.2) is 41.8 Å². The van der Waals surface area contributed by atoms with Crippen molar-refractivity contribution in [2.24, 2.45) is 0 Å². The zero-order valence-corrected chi connectivity index (χ0v) is 13.7. The summed E-state index contributed by atoms with van der Waals surface area (Å²) in [6.45, 7) is 4.07. The molecule has 0 spiro atoms. The van der Waals surface area contributed by atoms with Crippen LogP contribution in [0.2, 0.25) is 0 Å². The summed E-state index contributed by atoms with van der Waals surface area (Å²) in [7, 11) is -3.19. The predicted octanol–water partition coefficient (Wildman–Crippen LogP) is 2.20. The highest BCUT2D eigenvalue weighted by Gasteiger charge is 2.09. The van der Waals surface area contributed by atoms with Crippen molar-refractivity contribution in [3.05, 3.63) is 36.9 Å². The number of rotatable bonds is 10. The maximum atomic E-state index is 11.7. The molecule has 0 fully saturated rings. The minimum Gasteiger partial charge on any atom is -0.399 e. The van der Waals surface area contributed by atoms with Gasteiger partial charge in [0.1, 0.15) is 0 Å². The molecule has 0 atom stereocenters. The van der Waals surface area contributed by atoms with Crippen molar-refractivity contribution < 1.29 is 8.42 Å². The van der Waals surface area contributed by atoms with Gasteiger partial charge in [-0.15, -0.1) is 18.3 Å². The van der Waals surface area contributed by atoms with E-state index in [1.807, 2.05) is 24.3 Å². The van der Waals surface area contributed by atoms with Crippen molar-refractivity contribution in [1.82, 2.24) is 4.72 Å². The summed E-state index contributed by atoms with van der Waals surface area (Å²) in [5.74, 6) is 2.22. The molecule has 0 heterocycles. The van der Waals surface area contributed by atoms with E-state index < -0.39 is 10.0 Å². The highest BCUT2D eigenvalue weighted by atomic mass is 32.2. The number of nitrogens with two attached hydrogens (primary N) is 1. The number of nitrogen functional groups attached to an aromatic ring is 1. The van der Waals surface area contributed by atoms with Crippen molar-refractivity contribution in [3.63, 3.8) is 0 Å². The van der Waals surface area contributed by atoms with Gasteiger partial charge in [0.25, 0.3) is 0 Å². The molecule has 1 aromatic rings. The summed E-state index contributed by atoms with van der Waals surface area (Å²) in [5.41, 5.74) is 6.36. The molecule has 0 aromatic heterocycles. The van der Waals surface area contributed by atoms with Gasteiger partial charge in [-0.2, -0.15) is 11.8 Å².